The van der Waals surface area contributed by atoms with Gasteiger partial charge in [0.05, 0.1) is 11.3 Å². The summed E-state index contributed by atoms with van der Waals surface area (Å²) < 4.78 is 0. The smallest absolute Gasteiger partial charge is 0.335 e. The van der Waals surface area contributed by atoms with Gasteiger partial charge in [-0.2, -0.15) is 0 Å². The average Bonchev–Trinajstić information content (AvgIpc) is 2.56. The number of carboxylic acids is 1. The number of carbonyl (C=O) groups is 1. The van der Waals surface area contributed by atoms with E-state index >= 15 is 0 Å². The fourth-order valence-corrected chi connectivity index (χ4v) is 2.21. The Morgan fingerprint density at radius 1 is 0.917 bits per heavy atom. The second-order valence-corrected chi connectivity index (χ2v) is 5.58. The molecule has 0 fully saturated rings. The summed E-state index contributed by atoms with van der Waals surface area (Å²) in [5.74, 6) is -0.859. The van der Waals surface area contributed by atoms with Gasteiger partial charge in [0.1, 0.15) is 0 Å². The maximum absolute atomic E-state index is 10.5. The third-order valence-corrected chi connectivity index (χ3v) is 3.50. The van der Waals surface area contributed by atoms with Crippen LogP contribution in [0.25, 0.3) is 11.3 Å². The van der Waals surface area contributed by atoms with Gasteiger partial charge in [-0.25, -0.2) is 4.79 Å². The van der Waals surface area contributed by atoms with Crippen molar-refractivity contribution in [2.75, 3.05) is 0 Å². The molecule has 0 atom stereocenters. The molecule has 4 heteroatoms. The van der Waals surface area contributed by atoms with Gasteiger partial charge in [-0.05, 0) is 56.2 Å². The van der Waals surface area contributed by atoms with Gasteiger partial charge in [-0.3, -0.25) is 9.97 Å². The van der Waals surface area contributed by atoms with Crippen molar-refractivity contribution in [1.82, 2.24) is 9.97 Å². The standard InChI is InChI=1S/C11H10N2.C9H10O2/c1-9-2-3-11(13-8-9)10-4-6-12-7-5-10;1-6-3-4-8(9(10)11)7(2)5-6/h2-8H,1H3;3-5H,1-2H3,(H,10,11). The Kier molecular flexibility index (Phi) is 5.79. The summed E-state index contributed by atoms with van der Waals surface area (Å²) in [6.45, 7) is 5.78. The van der Waals surface area contributed by atoms with Crippen molar-refractivity contribution in [3.8, 4) is 11.3 Å². The van der Waals surface area contributed by atoms with Crippen LogP contribution < -0.4 is 0 Å². The molecule has 0 saturated carbocycles. The fourth-order valence-electron chi connectivity index (χ4n) is 2.21. The predicted molar refractivity (Wildman–Crippen MR) is 95.1 cm³/mol. The molecule has 122 valence electrons. The van der Waals surface area contributed by atoms with Crippen molar-refractivity contribution in [2.24, 2.45) is 0 Å². The molecule has 1 aromatic carbocycles. The first-order valence-electron chi connectivity index (χ1n) is 7.61. The van der Waals surface area contributed by atoms with E-state index in [2.05, 4.69) is 16.0 Å². The molecule has 2 heterocycles. The molecule has 0 amide bonds. The van der Waals surface area contributed by atoms with Crippen LogP contribution in [0.15, 0.2) is 61.1 Å². The third kappa shape index (κ3) is 4.74. The summed E-state index contributed by atoms with van der Waals surface area (Å²) in [6.07, 6.45) is 5.42. The molecule has 0 aliphatic heterocycles. The van der Waals surface area contributed by atoms with Crippen LogP contribution in [0.5, 0.6) is 0 Å². The van der Waals surface area contributed by atoms with Gasteiger partial charge in [0.2, 0.25) is 0 Å². The average molecular weight is 320 g/mol. The predicted octanol–water partition coefficient (Wildman–Crippen LogP) is 4.45. The van der Waals surface area contributed by atoms with E-state index in [1.807, 2.05) is 44.3 Å². The molecule has 0 radical (unpaired) electrons. The van der Waals surface area contributed by atoms with Gasteiger partial charge < -0.3 is 5.11 Å². The first kappa shape index (κ1) is 17.3. The van der Waals surface area contributed by atoms with Gasteiger partial charge in [0, 0.05) is 24.2 Å². The third-order valence-electron chi connectivity index (χ3n) is 3.50. The summed E-state index contributed by atoms with van der Waals surface area (Å²) in [7, 11) is 0. The summed E-state index contributed by atoms with van der Waals surface area (Å²) in [4.78, 5) is 18.8. The highest BCUT2D eigenvalue weighted by Crippen LogP contribution is 2.14. The van der Waals surface area contributed by atoms with Crippen molar-refractivity contribution in [3.63, 3.8) is 0 Å². The molecule has 3 aromatic rings. The molecule has 0 spiro atoms. The molecule has 2 aromatic heterocycles. The minimum Gasteiger partial charge on any atom is -0.478 e. The zero-order valence-corrected chi connectivity index (χ0v) is 14.0. The van der Waals surface area contributed by atoms with Crippen LogP contribution in [0.4, 0.5) is 0 Å². The molecule has 4 nitrogen and oxygen atoms in total. The van der Waals surface area contributed by atoms with Crippen LogP contribution in [0.3, 0.4) is 0 Å². The van der Waals surface area contributed by atoms with E-state index in [9.17, 15) is 4.79 Å². The Balaban J connectivity index is 0.000000177. The van der Waals surface area contributed by atoms with Crippen molar-refractivity contribution < 1.29 is 9.90 Å². The van der Waals surface area contributed by atoms with Gasteiger partial charge in [0.25, 0.3) is 0 Å². The van der Waals surface area contributed by atoms with Gasteiger partial charge in [0.15, 0.2) is 0 Å². The van der Waals surface area contributed by atoms with Crippen molar-refractivity contribution in [1.29, 1.82) is 0 Å². The Hall–Kier alpha value is -3.01. The monoisotopic (exact) mass is 320 g/mol. The second-order valence-electron chi connectivity index (χ2n) is 5.58. The molecule has 0 aliphatic rings. The van der Waals surface area contributed by atoms with E-state index in [-0.39, 0.29) is 0 Å². The Labute approximate surface area is 141 Å². The van der Waals surface area contributed by atoms with Gasteiger partial charge in [-0.15, -0.1) is 0 Å². The number of hydrogen-bond donors (Lipinski definition) is 1. The maximum Gasteiger partial charge on any atom is 0.335 e. The minimum atomic E-state index is -0.859. The largest absolute Gasteiger partial charge is 0.478 e. The summed E-state index contributed by atoms with van der Waals surface area (Å²) >= 11 is 0. The van der Waals surface area contributed by atoms with Crippen molar-refractivity contribution in [3.05, 3.63) is 83.3 Å². The van der Waals surface area contributed by atoms with Crippen LogP contribution in [0.2, 0.25) is 0 Å². The first-order chi connectivity index (χ1) is 11.5. The molecule has 0 bridgehead atoms. The first-order valence-corrected chi connectivity index (χ1v) is 7.61. The molecule has 0 unspecified atom stereocenters. The zero-order chi connectivity index (χ0) is 17.5. The van der Waals surface area contributed by atoms with E-state index in [0.29, 0.717) is 5.56 Å². The fraction of sp³-hybridized carbons (Fsp3) is 0.150. The van der Waals surface area contributed by atoms with Crippen LogP contribution in [-0.2, 0) is 0 Å². The van der Waals surface area contributed by atoms with Gasteiger partial charge in [-0.1, -0.05) is 23.8 Å². The number of nitrogens with zero attached hydrogens (tertiary/aromatic N) is 2. The number of aromatic carboxylic acids is 1. The Bertz CT molecular complexity index is 813. The molecular formula is C20H20N2O2. The SMILES string of the molecule is Cc1ccc(-c2ccncc2)nc1.Cc1ccc(C(=O)O)c(C)c1. The molecule has 24 heavy (non-hydrogen) atoms. The number of rotatable bonds is 2. The van der Waals surface area contributed by atoms with E-state index in [4.69, 9.17) is 5.11 Å². The lowest BCUT2D eigenvalue weighted by Gasteiger charge is -2.00. The zero-order valence-electron chi connectivity index (χ0n) is 14.0. The second kappa shape index (κ2) is 8.02. The van der Waals surface area contributed by atoms with E-state index in [1.165, 1.54) is 5.56 Å². The number of benzene rings is 1. The van der Waals surface area contributed by atoms with Crippen molar-refractivity contribution >= 4 is 5.97 Å². The highest BCUT2D eigenvalue weighted by Gasteiger charge is 2.04. The van der Waals surface area contributed by atoms with Crippen molar-refractivity contribution in [2.45, 2.75) is 20.8 Å². The number of aryl methyl sites for hydroxylation is 3. The van der Waals surface area contributed by atoms with Crippen LogP contribution in [0.1, 0.15) is 27.0 Å². The van der Waals surface area contributed by atoms with E-state index in [0.717, 1.165) is 22.4 Å². The highest BCUT2D eigenvalue weighted by atomic mass is 16.4. The minimum absolute atomic E-state index is 0.385. The molecule has 1 N–H and O–H groups in total. The normalized spacial score (nSPS) is 9.79. The number of pyridine rings is 2. The Morgan fingerprint density at radius 3 is 2.12 bits per heavy atom. The molecule has 3 rings (SSSR count). The molecule has 0 aliphatic carbocycles. The van der Waals surface area contributed by atoms with Crippen LogP contribution in [0, 0.1) is 20.8 Å². The molecular weight excluding hydrogens is 300 g/mol. The quantitative estimate of drug-likeness (QED) is 0.757. The lowest BCUT2D eigenvalue weighted by atomic mass is 10.1. The highest BCUT2D eigenvalue weighted by molar-refractivity contribution is 5.89. The summed E-state index contributed by atoms with van der Waals surface area (Å²) in [5, 5.41) is 8.66. The van der Waals surface area contributed by atoms with E-state index in [1.54, 1.807) is 31.5 Å². The topological polar surface area (TPSA) is 63.1 Å². The van der Waals surface area contributed by atoms with E-state index < -0.39 is 5.97 Å². The molecule has 0 saturated heterocycles. The van der Waals surface area contributed by atoms with Gasteiger partial charge >= 0.3 is 5.97 Å². The number of aromatic nitrogens is 2. The van der Waals surface area contributed by atoms with Crippen LogP contribution >= 0.6 is 0 Å². The Morgan fingerprint density at radius 2 is 1.58 bits per heavy atom. The maximum atomic E-state index is 10.5. The number of carboxylic acid groups (broad SMARTS) is 1. The summed E-state index contributed by atoms with van der Waals surface area (Å²) in [5.41, 5.74) is 5.57. The lowest BCUT2D eigenvalue weighted by Crippen LogP contribution is -1.99. The number of hydrogen-bond acceptors (Lipinski definition) is 3. The summed E-state index contributed by atoms with van der Waals surface area (Å²) in [6, 6.07) is 13.3. The van der Waals surface area contributed by atoms with Crippen LogP contribution in [-0.4, -0.2) is 21.0 Å². The lowest BCUT2D eigenvalue weighted by molar-refractivity contribution is 0.0696.